The largest absolute Gasteiger partial charge is 0.445 e. The molecule has 0 heterocycles. The predicted octanol–water partition coefficient (Wildman–Crippen LogP) is 3.66. The summed E-state index contributed by atoms with van der Waals surface area (Å²) in [5.41, 5.74) is 7.57. The summed E-state index contributed by atoms with van der Waals surface area (Å²) in [6.45, 7) is -2.46. The number of carbonyl (C=O) groups excluding carboxylic acids is 1. The van der Waals surface area contributed by atoms with E-state index >= 15 is 0 Å². The van der Waals surface area contributed by atoms with Crippen molar-refractivity contribution in [3.8, 4) is 5.75 Å². The molecule has 0 aliphatic rings. The minimum absolute atomic E-state index is 0.0400. The maximum atomic E-state index is 12.3. The first kappa shape index (κ1) is 18.7. The van der Waals surface area contributed by atoms with Crippen molar-refractivity contribution in [2.45, 2.75) is 19.1 Å². The van der Waals surface area contributed by atoms with Gasteiger partial charge in [-0.2, -0.15) is 8.78 Å². The van der Waals surface area contributed by atoms with E-state index in [-0.39, 0.29) is 18.3 Å². The van der Waals surface area contributed by atoms with Crippen LogP contribution < -0.4 is 10.5 Å². The molecule has 0 aromatic heterocycles. The lowest BCUT2D eigenvalue weighted by molar-refractivity contribution is -0.0498. The molecule has 5 nitrogen and oxygen atoms in total. The predicted molar refractivity (Wildman–Crippen MR) is 87.6 cm³/mol. The van der Waals surface area contributed by atoms with Crippen LogP contribution in [0, 0.1) is 0 Å². The van der Waals surface area contributed by atoms with E-state index in [1.54, 1.807) is 19.2 Å². The number of hydrogen-bond donors (Lipinski definition) is 1. The third-order valence-electron chi connectivity index (χ3n) is 3.64. The summed E-state index contributed by atoms with van der Waals surface area (Å²) < 4.78 is 39.1. The van der Waals surface area contributed by atoms with Crippen molar-refractivity contribution in [1.29, 1.82) is 0 Å². The second-order valence-electron chi connectivity index (χ2n) is 5.26. The van der Waals surface area contributed by atoms with Crippen LogP contribution >= 0.6 is 0 Å². The third-order valence-corrected chi connectivity index (χ3v) is 3.64. The first-order valence-electron chi connectivity index (χ1n) is 7.55. The number of methoxy groups -OCH3 is 1. The smallest absolute Gasteiger partial charge is 0.404 e. The number of alkyl halides is 2. The molecule has 0 bridgehead atoms. The number of benzene rings is 2. The normalized spacial score (nSPS) is 12.0. The molecule has 134 valence electrons. The molecule has 1 unspecified atom stereocenters. The number of carbonyl (C=O) groups is 1. The van der Waals surface area contributed by atoms with E-state index in [2.05, 4.69) is 4.74 Å². The van der Waals surface area contributed by atoms with E-state index in [4.69, 9.17) is 15.2 Å². The van der Waals surface area contributed by atoms with Crippen LogP contribution in [-0.4, -0.2) is 26.4 Å². The Hall–Kier alpha value is -2.67. The van der Waals surface area contributed by atoms with Gasteiger partial charge >= 0.3 is 12.7 Å². The Morgan fingerprint density at radius 3 is 2.40 bits per heavy atom. The van der Waals surface area contributed by atoms with Gasteiger partial charge in [0.15, 0.2) is 0 Å². The summed E-state index contributed by atoms with van der Waals surface area (Å²) in [7, 11) is 1.57. The number of halogens is 2. The highest BCUT2D eigenvalue weighted by Gasteiger charge is 2.18. The summed E-state index contributed by atoms with van der Waals surface area (Å²) in [4.78, 5) is 10.9. The van der Waals surface area contributed by atoms with Gasteiger partial charge in [0, 0.05) is 13.0 Å². The summed E-state index contributed by atoms with van der Waals surface area (Å²) >= 11 is 0. The third kappa shape index (κ3) is 5.42. The molecule has 0 spiro atoms. The molecule has 2 rings (SSSR count). The lowest BCUT2D eigenvalue weighted by atomic mass is 9.89. The minimum atomic E-state index is -2.87. The topological polar surface area (TPSA) is 70.8 Å². The van der Waals surface area contributed by atoms with Gasteiger partial charge in [-0.05, 0) is 28.8 Å². The highest BCUT2D eigenvalue weighted by molar-refractivity contribution is 5.64. The number of hydrogen-bond acceptors (Lipinski definition) is 4. The Morgan fingerprint density at radius 1 is 1.12 bits per heavy atom. The number of amides is 1. The maximum Gasteiger partial charge on any atom is 0.404 e. The fourth-order valence-electron chi connectivity index (χ4n) is 2.57. The molecule has 1 amide bonds. The lowest BCUT2D eigenvalue weighted by Crippen LogP contribution is -2.15. The Labute approximate surface area is 144 Å². The molecule has 0 aliphatic carbocycles. The van der Waals surface area contributed by atoms with Gasteiger partial charge in [-0.25, -0.2) is 4.79 Å². The van der Waals surface area contributed by atoms with E-state index < -0.39 is 12.7 Å². The standard InChI is InChI=1S/C18H19F2NO4/c1-23-11-16(12-6-8-14(9-7-12)25-17(19)20)15-5-3-2-4-13(15)10-24-18(21)22/h2-9,16-17H,10-11H2,1H3,(H2,21,22). The van der Waals surface area contributed by atoms with Crippen LogP contribution in [0.25, 0.3) is 0 Å². The molecule has 0 saturated carbocycles. The SMILES string of the molecule is COCC(c1ccc(OC(F)F)cc1)c1ccccc1COC(N)=O. The Bertz CT molecular complexity index is 692. The Kier molecular flexibility index (Phi) is 6.71. The van der Waals surface area contributed by atoms with Crippen molar-refractivity contribution < 1.29 is 27.8 Å². The number of ether oxygens (including phenoxy) is 3. The summed E-state index contributed by atoms with van der Waals surface area (Å²) in [6, 6.07) is 13.8. The fraction of sp³-hybridized carbons (Fsp3) is 0.278. The molecular formula is C18H19F2NO4. The molecule has 2 aromatic carbocycles. The van der Waals surface area contributed by atoms with Crippen LogP contribution in [0.5, 0.6) is 5.75 Å². The van der Waals surface area contributed by atoms with Crippen LogP contribution in [0.3, 0.4) is 0 Å². The van der Waals surface area contributed by atoms with Crippen LogP contribution in [-0.2, 0) is 16.1 Å². The molecular weight excluding hydrogens is 332 g/mol. The molecule has 0 saturated heterocycles. The van der Waals surface area contributed by atoms with Crippen molar-refractivity contribution in [3.05, 3.63) is 65.2 Å². The quantitative estimate of drug-likeness (QED) is 0.788. The van der Waals surface area contributed by atoms with Crippen molar-refractivity contribution in [2.24, 2.45) is 5.73 Å². The average Bonchev–Trinajstić information content (AvgIpc) is 2.58. The average molecular weight is 351 g/mol. The highest BCUT2D eigenvalue weighted by Crippen LogP contribution is 2.30. The van der Waals surface area contributed by atoms with Crippen LogP contribution in [0.4, 0.5) is 13.6 Å². The molecule has 0 fully saturated rings. The van der Waals surface area contributed by atoms with E-state index in [0.29, 0.717) is 6.61 Å². The van der Waals surface area contributed by atoms with Crippen molar-refractivity contribution in [1.82, 2.24) is 0 Å². The van der Waals surface area contributed by atoms with Gasteiger partial charge in [0.2, 0.25) is 0 Å². The van der Waals surface area contributed by atoms with Crippen molar-refractivity contribution in [2.75, 3.05) is 13.7 Å². The van der Waals surface area contributed by atoms with Gasteiger partial charge < -0.3 is 19.9 Å². The van der Waals surface area contributed by atoms with Gasteiger partial charge in [0.05, 0.1) is 6.61 Å². The highest BCUT2D eigenvalue weighted by atomic mass is 19.3. The molecule has 25 heavy (non-hydrogen) atoms. The maximum absolute atomic E-state index is 12.3. The first-order chi connectivity index (χ1) is 12.0. The van der Waals surface area contributed by atoms with E-state index in [1.165, 1.54) is 12.1 Å². The summed E-state index contributed by atoms with van der Waals surface area (Å²) in [5.74, 6) is -0.0847. The van der Waals surface area contributed by atoms with Crippen LogP contribution in [0.2, 0.25) is 0 Å². The van der Waals surface area contributed by atoms with E-state index in [9.17, 15) is 13.6 Å². The zero-order valence-corrected chi connectivity index (χ0v) is 13.7. The zero-order chi connectivity index (χ0) is 18.2. The van der Waals surface area contributed by atoms with Crippen molar-refractivity contribution >= 4 is 6.09 Å². The van der Waals surface area contributed by atoms with Gasteiger partial charge in [-0.15, -0.1) is 0 Å². The number of nitrogens with two attached hydrogens (primary N) is 1. The number of rotatable bonds is 8. The second-order valence-corrected chi connectivity index (χ2v) is 5.26. The molecule has 0 aliphatic heterocycles. The summed E-state index contributed by atoms with van der Waals surface area (Å²) in [6.07, 6.45) is -0.855. The molecule has 2 N–H and O–H groups in total. The van der Waals surface area contributed by atoms with E-state index in [1.807, 2.05) is 24.3 Å². The van der Waals surface area contributed by atoms with E-state index in [0.717, 1.165) is 16.7 Å². The van der Waals surface area contributed by atoms with Gasteiger partial charge in [-0.3, -0.25) is 0 Å². The van der Waals surface area contributed by atoms with Crippen LogP contribution in [0.15, 0.2) is 48.5 Å². The van der Waals surface area contributed by atoms with Gasteiger partial charge in [0.25, 0.3) is 0 Å². The fourth-order valence-corrected chi connectivity index (χ4v) is 2.57. The molecule has 2 aromatic rings. The zero-order valence-electron chi connectivity index (χ0n) is 13.7. The molecule has 0 radical (unpaired) electrons. The minimum Gasteiger partial charge on any atom is -0.445 e. The second kappa shape index (κ2) is 8.98. The van der Waals surface area contributed by atoms with Gasteiger partial charge in [0.1, 0.15) is 12.4 Å². The monoisotopic (exact) mass is 351 g/mol. The van der Waals surface area contributed by atoms with Crippen molar-refractivity contribution in [3.63, 3.8) is 0 Å². The Balaban J connectivity index is 2.30. The van der Waals surface area contributed by atoms with Crippen LogP contribution in [0.1, 0.15) is 22.6 Å². The number of primary amides is 1. The molecule has 7 heteroatoms. The Morgan fingerprint density at radius 2 is 1.80 bits per heavy atom. The summed E-state index contributed by atoms with van der Waals surface area (Å²) in [5, 5.41) is 0. The van der Waals surface area contributed by atoms with Gasteiger partial charge in [-0.1, -0.05) is 36.4 Å². The molecule has 1 atom stereocenters. The lowest BCUT2D eigenvalue weighted by Gasteiger charge is -2.20. The first-order valence-corrected chi connectivity index (χ1v) is 7.55.